The third-order valence-electron chi connectivity index (χ3n) is 6.32. The topological polar surface area (TPSA) is 69.1 Å². The molecule has 1 fully saturated rings. The molecule has 2 aliphatic heterocycles. The van der Waals surface area contributed by atoms with Crippen molar-refractivity contribution in [3.05, 3.63) is 53.4 Å². The van der Waals surface area contributed by atoms with Gasteiger partial charge in [-0.1, -0.05) is 65.1 Å². The van der Waals surface area contributed by atoms with Crippen LogP contribution in [0, 0.1) is 0 Å². The minimum atomic E-state index is -0.357. The number of aliphatic imine (C=N–C) groups is 1. The Bertz CT molecular complexity index is 931. The number of ether oxygens (including phenoxy) is 3. The first-order valence-electron chi connectivity index (χ1n) is 13.2. The van der Waals surface area contributed by atoms with E-state index in [0.29, 0.717) is 36.5 Å². The standard InChI is InChI=1S/C15H25NO3.C14H18ClNO/c1-5-8-9-18-13(6-2)10-16-14(7-3)19-15(4)11-17-12-15;1-3-7-14(8-4-2)11-9-10(15)5-6-12(11)16-13(14)17/h6,10H,2,5,7-9,11-12H2,1,3-4H3;5-6,9H,3-4,7-8H2,1-2H3,(H,16,17)/b13-10+,16-14?;. The van der Waals surface area contributed by atoms with E-state index in [9.17, 15) is 4.79 Å². The average Bonchev–Trinajstić information content (AvgIpc) is 3.10. The lowest BCUT2D eigenvalue weighted by molar-refractivity contribution is -0.157. The minimum absolute atomic E-state index is 0.137. The Kier molecular flexibility index (Phi) is 12.0. The molecule has 1 aromatic rings. The van der Waals surface area contributed by atoms with E-state index >= 15 is 0 Å². The molecule has 0 aromatic heterocycles. The number of carbonyl (C=O) groups excluding carboxylic acids is 1. The molecule has 0 spiro atoms. The highest BCUT2D eigenvalue weighted by Gasteiger charge is 2.45. The van der Waals surface area contributed by atoms with Crippen molar-refractivity contribution in [3.63, 3.8) is 0 Å². The highest BCUT2D eigenvalue weighted by atomic mass is 35.5. The van der Waals surface area contributed by atoms with Gasteiger partial charge in [-0.3, -0.25) is 4.79 Å². The van der Waals surface area contributed by atoms with Crippen LogP contribution in [-0.4, -0.2) is 37.2 Å². The molecule has 6 nitrogen and oxygen atoms in total. The summed E-state index contributed by atoms with van der Waals surface area (Å²) in [4.78, 5) is 16.6. The van der Waals surface area contributed by atoms with Gasteiger partial charge >= 0.3 is 0 Å². The van der Waals surface area contributed by atoms with Gasteiger partial charge in [0.1, 0.15) is 5.76 Å². The van der Waals surface area contributed by atoms with E-state index in [1.807, 2.05) is 32.0 Å². The quantitative estimate of drug-likeness (QED) is 0.102. The van der Waals surface area contributed by atoms with Crippen molar-refractivity contribution in [3.8, 4) is 0 Å². The van der Waals surface area contributed by atoms with Crippen molar-refractivity contribution in [1.82, 2.24) is 0 Å². The second kappa shape index (κ2) is 14.4. The summed E-state index contributed by atoms with van der Waals surface area (Å²) in [5, 5.41) is 3.69. The summed E-state index contributed by atoms with van der Waals surface area (Å²) in [6, 6.07) is 5.68. The van der Waals surface area contributed by atoms with Crippen molar-refractivity contribution in [2.75, 3.05) is 25.1 Å². The van der Waals surface area contributed by atoms with Crippen LogP contribution < -0.4 is 5.32 Å². The second-order valence-electron chi connectivity index (χ2n) is 9.58. The molecule has 200 valence electrons. The third kappa shape index (κ3) is 7.84. The first-order valence-corrected chi connectivity index (χ1v) is 13.6. The van der Waals surface area contributed by atoms with Gasteiger partial charge in [0.2, 0.25) is 5.91 Å². The van der Waals surface area contributed by atoms with Crippen molar-refractivity contribution >= 4 is 29.1 Å². The number of rotatable bonds is 12. The van der Waals surface area contributed by atoms with Gasteiger partial charge in [-0.2, -0.15) is 0 Å². The molecular weight excluding hydrogens is 476 g/mol. The zero-order valence-electron chi connectivity index (χ0n) is 22.6. The van der Waals surface area contributed by atoms with Gasteiger partial charge in [-0.25, -0.2) is 4.99 Å². The zero-order chi connectivity index (χ0) is 26.6. The highest BCUT2D eigenvalue weighted by Crippen LogP contribution is 2.45. The molecule has 0 radical (unpaired) electrons. The maximum Gasteiger partial charge on any atom is 0.235 e. The van der Waals surface area contributed by atoms with Crippen LogP contribution in [0.15, 0.2) is 47.8 Å². The maximum absolute atomic E-state index is 12.3. The summed E-state index contributed by atoms with van der Waals surface area (Å²) >= 11 is 6.06. The molecule has 2 aliphatic rings. The van der Waals surface area contributed by atoms with Crippen molar-refractivity contribution < 1.29 is 19.0 Å². The number of anilines is 1. The van der Waals surface area contributed by atoms with E-state index in [1.165, 1.54) is 0 Å². The SMILES string of the molecule is C=C/C(=C\N=C(CC)OC1(C)COC1)OCCCC.CCCC1(CCC)C(=O)Nc2ccc(Cl)cc21. The Balaban J connectivity index is 0.000000255. The average molecular weight is 519 g/mol. The maximum atomic E-state index is 12.3. The van der Waals surface area contributed by atoms with Gasteiger partial charge in [0, 0.05) is 17.1 Å². The third-order valence-corrected chi connectivity index (χ3v) is 6.55. The number of nitrogens with zero attached hydrogens (tertiary/aromatic N) is 1. The van der Waals surface area contributed by atoms with Gasteiger partial charge in [-0.15, -0.1) is 0 Å². The number of nitrogens with one attached hydrogen (secondary N) is 1. The molecule has 1 amide bonds. The van der Waals surface area contributed by atoms with Crippen LogP contribution in [0.4, 0.5) is 5.69 Å². The molecule has 0 saturated carbocycles. The van der Waals surface area contributed by atoms with Gasteiger partial charge in [-0.05, 0) is 56.0 Å². The largest absolute Gasteiger partial charge is 0.492 e. The summed E-state index contributed by atoms with van der Waals surface area (Å²) in [6.07, 6.45) is 9.99. The summed E-state index contributed by atoms with van der Waals surface area (Å²) in [5.41, 5.74) is 1.43. The van der Waals surface area contributed by atoms with Crippen LogP contribution >= 0.6 is 11.6 Å². The number of hydrogen-bond donors (Lipinski definition) is 1. The fraction of sp³-hybridized carbons (Fsp3) is 0.586. The molecule has 0 aliphatic carbocycles. The van der Waals surface area contributed by atoms with E-state index in [-0.39, 0.29) is 16.9 Å². The fourth-order valence-corrected chi connectivity index (χ4v) is 4.57. The summed E-state index contributed by atoms with van der Waals surface area (Å²) in [5.74, 6) is 1.51. The molecule has 1 saturated heterocycles. The normalized spacial score (nSPS) is 17.8. The molecule has 0 unspecified atom stereocenters. The molecule has 0 atom stereocenters. The van der Waals surface area contributed by atoms with Gasteiger partial charge in [0.15, 0.2) is 11.5 Å². The Morgan fingerprint density at radius 1 is 1.19 bits per heavy atom. The number of halogens is 1. The Hall–Kier alpha value is -2.31. The molecule has 0 bridgehead atoms. The van der Waals surface area contributed by atoms with Crippen LogP contribution in [0.2, 0.25) is 5.02 Å². The van der Waals surface area contributed by atoms with E-state index in [1.54, 1.807) is 12.3 Å². The van der Waals surface area contributed by atoms with E-state index in [2.05, 4.69) is 37.7 Å². The fourth-order valence-electron chi connectivity index (χ4n) is 4.40. The molecule has 2 heterocycles. The van der Waals surface area contributed by atoms with E-state index in [0.717, 1.165) is 56.2 Å². The molecular formula is C29H43ClN2O4. The Morgan fingerprint density at radius 2 is 1.89 bits per heavy atom. The van der Waals surface area contributed by atoms with E-state index < -0.39 is 0 Å². The van der Waals surface area contributed by atoms with Crippen LogP contribution in [0.3, 0.4) is 0 Å². The summed E-state index contributed by atoms with van der Waals surface area (Å²) < 4.78 is 16.5. The first-order chi connectivity index (χ1) is 17.3. The summed E-state index contributed by atoms with van der Waals surface area (Å²) in [6.45, 7) is 16.1. The predicted molar refractivity (Wildman–Crippen MR) is 149 cm³/mol. The molecule has 1 N–H and O–H groups in total. The number of benzene rings is 1. The predicted octanol–water partition coefficient (Wildman–Crippen LogP) is 7.57. The van der Waals surface area contributed by atoms with Crippen molar-refractivity contribution in [2.45, 2.75) is 90.6 Å². The lowest BCUT2D eigenvalue weighted by Gasteiger charge is -2.38. The number of hydrogen-bond acceptors (Lipinski definition) is 5. The number of carbonyl (C=O) groups is 1. The monoisotopic (exact) mass is 518 g/mol. The number of amides is 1. The van der Waals surface area contributed by atoms with Gasteiger partial charge < -0.3 is 19.5 Å². The molecule has 36 heavy (non-hydrogen) atoms. The van der Waals surface area contributed by atoms with Crippen LogP contribution in [-0.2, 0) is 24.4 Å². The Morgan fingerprint density at radius 3 is 2.42 bits per heavy atom. The van der Waals surface area contributed by atoms with E-state index in [4.69, 9.17) is 25.8 Å². The van der Waals surface area contributed by atoms with Gasteiger partial charge in [0.05, 0.1) is 31.4 Å². The Labute approximate surface area is 222 Å². The number of unbranched alkanes of at least 4 members (excludes halogenated alkanes) is 1. The van der Waals surface area contributed by atoms with Crippen LogP contribution in [0.5, 0.6) is 0 Å². The second-order valence-corrected chi connectivity index (χ2v) is 10.0. The smallest absolute Gasteiger partial charge is 0.235 e. The molecule has 7 heteroatoms. The molecule has 1 aromatic carbocycles. The zero-order valence-corrected chi connectivity index (χ0v) is 23.4. The lowest BCUT2D eigenvalue weighted by Crippen LogP contribution is -2.50. The van der Waals surface area contributed by atoms with Crippen LogP contribution in [0.1, 0.15) is 85.1 Å². The first kappa shape index (κ1) is 29.9. The van der Waals surface area contributed by atoms with Crippen molar-refractivity contribution in [2.24, 2.45) is 4.99 Å². The van der Waals surface area contributed by atoms with Gasteiger partial charge in [0.25, 0.3) is 0 Å². The highest BCUT2D eigenvalue weighted by molar-refractivity contribution is 6.31. The van der Waals surface area contributed by atoms with Crippen molar-refractivity contribution in [1.29, 1.82) is 0 Å². The summed E-state index contributed by atoms with van der Waals surface area (Å²) in [7, 11) is 0. The minimum Gasteiger partial charge on any atom is -0.492 e. The molecule has 3 rings (SSSR count). The van der Waals surface area contributed by atoms with Crippen LogP contribution in [0.25, 0.3) is 0 Å². The number of allylic oxidation sites excluding steroid dienone is 1. The number of fused-ring (bicyclic) bond motifs is 1. The lowest BCUT2D eigenvalue weighted by atomic mass is 9.74.